The lowest BCUT2D eigenvalue weighted by molar-refractivity contribution is -0.127. The highest BCUT2D eigenvalue weighted by atomic mass is 16.5. The summed E-state index contributed by atoms with van der Waals surface area (Å²) in [4.78, 5) is 11.6. The van der Waals surface area contributed by atoms with Gasteiger partial charge >= 0.3 is 0 Å². The molecule has 0 radical (unpaired) electrons. The van der Waals surface area contributed by atoms with E-state index in [4.69, 9.17) is 10.5 Å². The molecule has 0 heterocycles. The predicted octanol–water partition coefficient (Wildman–Crippen LogP) is 1.23. The second kappa shape index (κ2) is 6.91. The zero-order chi connectivity index (χ0) is 12.7. The largest absolute Gasteiger partial charge is 0.481 e. The Bertz CT molecular complexity index is 366. The maximum Gasteiger partial charge on any atom is 0.260 e. The third-order valence-electron chi connectivity index (χ3n) is 2.35. The number of hydrogen-bond acceptors (Lipinski definition) is 3. The van der Waals surface area contributed by atoms with Gasteiger partial charge in [0.1, 0.15) is 5.75 Å². The van der Waals surface area contributed by atoms with Gasteiger partial charge in [-0.05, 0) is 44.5 Å². The summed E-state index contributed by atoms with van der Waals surface area (Å²) < 4.78 is 5.54. The highest BCUT2D eigenvalue weighted by Crippen LogP contribution is 2.14. The Kier molecular flexibility index (Phi) is 5.49. The van der Waals surface area contributed by atoms with Crippen molar-refractivity contribution in [3.8, 4) is 5.75 Å². The van der Waals surface area contributed by atoms with Crippen LogP contribution in [0.1, 0.15) is 18.9 Å². The number of amides is 1. The number of benzene rings is 1. The first-order valence-electron chi connectivity index (χ1n) is 5.84. The van der Waals surface area contributed by atoms with Crippen LogP contribution in [0.5, 0.6) is 5.75 Å². The number of ether oxygens (including phenoxy) is 1. The average molecular weight is 236 g/mol. The first-order valence-corrected chi connectivity index (χ1v) is 5.84. The molecule has 1 aromatic rings. The van der Waals surface area contributed by atoms with E-state index in [0.29, 0.717) is 18.8 Å². The zero-order valence-corrected chi connectivity index (χ0v) is 10.4. The molecule has 1 unspecified atom stereocenters. The summed E-state index contributed by atoms with van der Waals surface area (Å²) in [5, 5.41) is 2.77. The van der Waals surface area contributed by atoms with Gasteiger partial charge in [0, 0.05) is 6.54 Å². The second-order valence-electron chi connectivity index (χ2n) is 4.01. The fourth-order valence-corrected chi connectivity index (χ4v) is 1.40. The molecule has 0 aliphatic heterocycles. The van der Waals surface area contributed by atoms with Gasteiger partial charge in [-0.25, -0.2) is 0 Å². The van der Waals surface area contributed by atoms with Crippen molar-refractivity contribution in [3.63, 3.8) is 0 Å². The second-order valence-corrected chi connectivity index (χ2v) is 4.01. The van der Waals surface area contributed by atoms with Crippen molar-refractivity contribution in [2.45, 2.75) is 26.4 Å². The Morgan fingerprint density at radius 3 is 2.94 bits per heavy atom. The molecule has 4 heteroatoms. The number of aryl methyl sites for hydroxylation is 1. The lowest BCUT2D eigenvalue weighted by Gasteiger charge is -2.14. The van der Waals surface area contributed by atoms with Gasteiger partial charge < -0.3 is 15.8 Å². The maximum absolute atomic E-state index is 11.6. The highest BCUT2D eigenvalue weighted by Gasteiger charge is 2.13. The summed E-state index contributed by atoms with van der Waals surface area (Å²) in [5.41, 5.74) is 6.46. The summed E-state index contributed by atoms with van der Waals surface area (Å²) in [6, 6.07) is 7.64. The first kappa shape index (κ1) is 13.5. The van der Waals surface area contributed by atoms with E-state index in [9.17, 15) is 4.79 Å². The van der Waals surface area contributed by atoms with E-state index >= 15 is 0 Å². The standard InChI is InChI=1S/C13H20N2O2/c1-10-5-3-6-12(9-10)17-11(2)13(16)15-8-4-7-14/h3,5-6,9,11H,4,7-8,14H2,1-2H3,(H,15,16). The molecule has 3 N–H and O–H groups in total. The molecule has 0 saturated heterocycles. The van der Waals surface area contributed by atoms with Gasteiger partial charge in [0.2, 0.25) is 0 Å². The lowest BCUT2D eigenvalue weighted by Crippen LogP contribution is -2.37. The van der Waals surface area contributed by atoms with Crippen molar-refractivity contribution >= 4 is 5.91 Å². The molecule has 1 rings (SSSR count). The van der Waals surface area contributed by atoms with E-state index in [2.05, 4.69) is 5.32 Å². The molecule has 0 bridgehead atoms. The number of carbonyl (C=O) groups is 1. The fraction of sp³-hybridized carbons (Fsp3) is 0.462. The smallest absolute Gasteiger partial charge is 0.260 e. The van der Waals surface area contributed by atoms with Crippen molar-refractivity contribution in [2.24, 2.45) is 5.73 Å². The van der Waals surface area contributed by atoms with Crippen LogP contribution >= 0.6 is 0 Å². The van der Waals surface area contributed by atoms with Crippen LogP contribution in [-0.4, -0.2) is 25.1 Å². The van der Waals surface area contributed by atoms with Crippen molar-refractivity contribution in [3.05, 3.63) is 29.8 Å². The van der Waals surface area contributed by atoms with Gasteiger partial charge in [0.15, 0.2) is 6.10 Å². The van der Waals surface area contributed by atoms with Gasteiger partial charge in [0.25, 0.3) is 5.91 Å². The van der Waals surface area contributed by atoms with Crippen LogP contribution in [0.3, 0.4) is 0 Å². The fourth-order valence-electron chi connectivity index (χ4n) is 1.40. The number of nitrogens with one attached hydrogen (secondary N) is 1. The van der Waals surface area contributed by atoms with Gasteiger partial charge in [-0.2, -0.15) is 0 Å². The highest BCUT2D eigenvalue weighted by molar-refractivity contribution is 5.80. The molecule has 1 aromatic carbocycles. The van der Waals surface area contributed by atoms with Crippen LogP contribution < -0.4 is 15.8 Å². The van der Waals surface area contributed by atoms with Crippen LogP contribution in [0.2, 0.25) is 0 Å². The summed E-state index contributed by atoms with van der Waals surface area (Å²) in [6.45, 7) is 4.89. The first-order chi connectivity index (χ1) is 8.13. The van der Waals surface area contributed by atoms with Gasteiger partial charge in [0.05, 0.1) is 0 Å². The summed E-state index contributed by atoms with van der Waals surface area (Å²) in [7, 11) is 0. The van der Waals surface area contributed by atoms with Crippen molar-refractivity contribution in [1.82, 2.24) is 5.32 Å². The third-order valence-corrected chi connectivity index (χ3v) is 2.35. The van der Waals surface area contributed by atoms with E-state index in [1.165, 1.54) is 0 Å². The topological polar surface area (TPSA) is 64.3 Å². The van der Waals surface area contributed by atoms with Crippen LogP contribution in [0, 0.1) is 6.92 Å². The molecule has 4 nitrogen and oxygen atoms in total. The number of carbonyl (C=O) groups excluding carboxylic acids is 1. The monoisotopic (exact) mass is 236 g/mol. The molecule has 17 heavy (non-hydrogen) atoms. The number of rotatable bonds is 6. The lowest BCUT2D eigenvalue weighted by atomic mass is 10.2. The molecule has 0 saturated carbocycles. The van der Waals surface area contributed by atoms with Crippen molar-refractivity contribution in [2.75, 3.05) is 13.1 Å². The Labute approximate surface area is 102 Å². The van der Waals surface area contributed by atoms with Gasteiger partial charge in [-0.15, -0.1) is 0 Å². The average Bonchev–Trinajstić information content (AvgIpc) is 2.29. The molecule has 0 aliphatic rings. The molecule has 1 amide bonds. The number of hydrogen-bond donors (Lipinski definition) is 2. The number of nitrogens with two attached hydrogens (primary N) is 1. The van der Waals surface area contributed by atoms with E-state index in [0.717, 1.165) is 12.0 Å². The van der Waals surface area contributed by atoms with E-state index < -0.39 is 6.10 Å². The summed E-state index contributed by atoms with van der Waals surface area (Å²) >= 11 is 0. The molecular formula is C13H20N2O2. The molecule has 0 spiro atoms. The Balaban J connectivity index is 2.43. The van der Waals surface area contributed by atoms with Crippen molar-refractivity contribution < 1.29 is 9.53 Å². The molecular weight excluding hydrogens is 216 g/mol. The quantitative estimate of drug-likeness (QED) is 0.730. The van der Waals surface area contributed by atoms with E-state index in [1.807, 2.05) is 31.2 Å². The Morgan fingerprint density at radius 1 is 1.53 bits per heavy atom. The zero-order valence-electron chi connectivity index (χ0n) is 10.4. The molecule has 0 aliphatic carbocycles. The molecule has 0 fully saturated rings. The molecule has 0 aromatic heterocycles. The van der Waals surface area contributed by atoms with Crippen LogP contribution in [0.25, 0.3) is 0 Å². The summed E-state index contributed by atoms with van der Waals surface area (Å²) in [5.74, 6) is 0.603. The van der Waals surface area contributed by atoms with Gasteiger partial charge in [-0.3, -0.25) is 4.79 Å². The van der Waals surface area contributed by atoms with Crippen LogP contribution in [0.15, 0.2) is 24.3 Å². The Morgan fingerprint density at radius 2 is 2.29 bits per heavy atom. The minimum absolute atomic E-state index is 0.111. The van der Waals surface area contributed by atoms with Crippen LogP contribution in [-0.2, 0) is 4.79 Å². The maximum atomic E-state index is 11.6. The Hall–Kier alpha value is -1.55. The minimum atomic E-state index is -0.491. The van der Waals surface area contributed by atoms with Crippen molar-refractivity contribution in [1.29, 1.82) is 0 Å². The molecule has 1 atom stereocenters. The van der Waals surface area contributed by atoms with E-state index in [1.54, 1.807) is 6.92 Å². The van der Waals surface area contributed by atoms with Crippen LogP contribution in [0.4, 0.5) is 0 Å². The predicted molar refractivity (Wildman–Crippen MR) is 68.0 cm³/mol. The SMILES string of the molecule is Cc1cccc(OC(C)C(=O)NCCCN)c1. The third kappa shape index (κ3) is 4.87. The minimum Gasteiger partial charge on any atom is -0.481 e. The van der Waals surface area contributed by atoms with E-state index in [-0.39, 0.29) is 5.91 Å². The normalized spacial score (nSPS) is 11.9. The summed E-state index contributed by atoms with van der Waals surface area (Å²) in [6.07, 6.45) is 0.290. The van der Waals surface area contributed by atoms with Gasteiger partial charge in [-0.1, -0.05) is 12.1 Å². The molecule has 94 valence electrons.